The van der Waals surface area contributed by atoms with Gasteiger partial charge < -0.3 is 10.4 Å². The van der Waals surface area contributed by atoms with Gasteiger partial charge in [0.1, 0.15) is 5.82 Å². The number of hydrogen-bond acceptors (Lipinski definition) is 4. The number of hydrogen-bond donors (Lipinski definition) is 2. The highest BCUT2D eigenvalue weighted by atomic mass is 16.3. The summed E-state index contributed by atoms with van der Waals surface area (Å²) in [6, 6.07) is 0.204. The smallest absolute Gasteiger partial charge is 0.254 e. The highest BCUT2D eigenvalue weighted by molar-refractivity contribution is 5.95. The van der Waals surface area contributed by atoms with Gasteiger partial charge >= 0.3 is 0 Å². The molecule has 5 aliphatic rings. The Kier molecular flexibility index (Phi) is 4.26. The molecule has 1 heterocycles. The first-order chi connectivity index (χ1) is 13.0. The van der Waals surface area contributed by atoms with Gasteiger partial charge in [0.05, 0.1) is 16.9 Å². The first kappa shape index (κ1) is 17.6. The predicted molar refractivity (Wildman–Crippen MR) is 102 cm³/mol. The largest absolute Gasteiger partial charge is 0.390 e. The van der Waals surface area contributed by atoms with E-state index in [0.717, 1.165) is 50.0 Å². The zero-order valence-corrected chi connectivity index (χ0v) is 16.3. The van der Waals surface area contributed by atoms with Gasteiger partial charge in [-0.3, -0.25) is 4.79 Å². The molecule has 5 saturated carbocycles. The first-order valence-corrected chi connectivity index (χ1v) is 10.8. The zero-order valence-electron chi connectivity index (χ0n) is 16.3. The minimum Gasteiger partial charge on any atom is -0.390 e. The lowest BCUT2D eigenvalue weighted by Gasteiger charge is -2.58. The van der Waals surface area contributed by atoms with Crippen molar-refractivity contribution in [1.29, 1.82) is 0 Å². The Morgan fingerprint density at radius 2 is 1.93 bits per heavy atom. The average Bonchev–Trinajstić information content (AvgIpc) is 3.09. The summed E-state index contributed by atoms with van der Waals surface area (Å²) in [6.45, 7) is 1.90. The molecule has 5 aliphatic carbocycles. The summed E-state index contributed by atoms with van der Waals surface area (Å²) in [5, 5.41) is 14.1. The van der Waals surface area contributed by atoms with Crippen LogP contribution < -0.4 is 5.32 Å². The van der Waals surface area contributed by atoms with Crippen molar-refractivity contribution >= 4 is 5.91 Å². The molecule has 6 rings (SSSR count). The van der Waals surface area contributed by atoms with Crippen LogP contribution in [0.2, 0.25) is 0 Å². The Balaban J connectivity index is 1.34. The molecule has 0 radical (unpaired) electrons. The van der Waals surface area contributed by atoms with Gasteiger partial charge in [0.25, 0.3) is 5.91 Å². The second kappa shape index (κ2) is 6.54. The van der Waals surface area contributed by atoms with Crippen molar-refractivity contribution in [3.05, 3.63) is 23.3 Å². The number of nitrogens with one attached hydrogen (secondary N) is 1. The van der Waals surface area contributed by atoms with Gasteiger partial charge in [-0.2, -0.15) is 0 Å². The number of rotatable bonds is 4. The number of carbonyl (C=O) groups excluding carboxylic acids is 1. The van der Waals surface area contributed by atoms with Crippen LogP contribution in [0.3, 0.4) is 0 Å². The van der Waals surface area contributed by atoms with E-state index in [0.29, 0.717) is 29.2 Å². The molecule has 146 valence electrons. The Hall–Kier alpha value is -1.49. The third kappa shape index (κ3) is 3.28. The Labute approximate surface area is 161 Å². The number of aromatic nitrogens is 2. The molecule has 0 spiro atoms. The van der Waals surface area contributed by atoms with E-state index in [1.807, 2.05) is 6.92 Å². The van der Waals surface area contributed by atoms with Crippen LogP contribution >= 0.6 is 0 Å². The van der Waals surface area contributed by atoms with E-state index < -0.39 is 5.60 Å². The zero-order chi connectivity index (χ0) is 18.6. The highest BCUT2D eigenvalue weighted by Crippen LogP contribution is 2.55. The van der Waals surface area contributed by atoms with Crippen LogP contribution in [0.1, 0.15) is 79.7 Å². The standard InChI is InChI=1S/C22H31N3O2/c1-13-23-12-18(19(24-13)8-14-4-2-3-5-14)21(26)25-20-16-6-15-7-17(20)11-22(27,9-15)10-16/h12,14-17,20,27H,2-11H2,1H3,(H,25,26). The van der Waals surface area contributed by atoms with Gasteiger partial charge in [0.2, 0.25) is 0 Å². The molecule has 1 aromatic heterocycles. The summed E-state index contributed by atoms with van der Waals surface area (Å²) in [7, 11) is 0. The second-order valence-corrected chi connectivity index (χ2v) is 9.83. The molecule has 2 N–H and O–H groups in total. The van der Waals surface area contributed by atoms with E-state index in [9.17, 15) is 9.90 Å². The van der Waals surface area contributed by atoms with Gasteiger partial charge in [0, 0.05) is 12.2 Å². The molecule has 1 amide bonds. The highest BCUT2D eigenvalue weighted by Gasteiger charge is 2.55. The van der Waals surface area contributed by atoms with E-state index >= 15 is 0 Å². The predicted octanol–water partition coefficient (Wildman–Crippen LogP) is 3.19. The van der Waals surface area contributed by atoms with Crippen molar-refractivity contribution in [3.8, 4) is 0 Å². The van der Waals surface area contributed by atoms with Gasteiger partial charge in [-0.1, -0.05) is 25.7 Å². The number of nitrogens with zero attached hydrogens (tertiary/aromatic N) is 2. The summed E-state index contributed by atoms with van der Waals surface area (Å²) in [5.74, 6) is 2.90. The lowest BCUT2D eigenvalue weighted by Crippen LogP contribution is -2.61. The minimum atomic E-state index is -0.460. The van der Waals surface area contributed by atoms with Crippen LogP contribution in [0.5, 0.6) is 0 Å². The number of aryl methyl sites for hydroxylation is 1. The molecule has 2 unspecified atom stereocenters. The summed E-state index contributed by atoms with van der Waals surface area (Å²) in [5.41, 5.74) is 1.13. The molecule has 5 nitrogen and oxygen atoms in total. The summed E-state index contributed by atoms with van der Waals surface area (Å²) in [4.78, 5) is 22.1. The summed E-state index contributed by atoms with van der Waals surface area (Å²) in [6.07, 6.45) is 12.7. The van der Waals surface area contributed by atoms with E-state index in [2.05, 4.69) is 15.3 Å². The summed E-state index contributed by atoms with van der Waals surface area (Å²) < 4.78 is 0. The Bertz CT molecular complexity index is 727. The molecule has 4 bridgehead atoms. The topological polar surface area (TPSA) is 75.1 Å². The van der Waals surface area contributed by atoms with Crippen LogP contribution in [-0.2, 0) is 6.42 Å². The van der Waals surface area contributed by atoms with Crippen LogP contribution in [0.25, 0.3) is 0 Å². The maximum atomic E-state index is 13.2. The molecule has 1 aromatic rings. The summed E-state index contributed by atoms with van der Waals surface area (Å²) >= 11 is 0. The van der Waals surface area contributed by atoms with E-state index in [-0.39, 0.29) is 11.9 Å². The van der Waals surface area contributed by atoms with E-state index in [1.165, 1.54) is 25.7 Å². The van der Waals surface area contributed by atoms with Gasteiger partial charge in [-0.05, 0) is 69.1 Å². The number of amides is 1. The SMILES string of the molecule is Cc1ncc(C(=O)NC2C3CC4CC2CC(O)(C4)C3)c(CC2CCCC2)n1. The fourth-order valence-electron chi connectivity index (χ4n) is 6.80. The lowest BCUT2D eigenvalue weighted by atomic mass is 9.52. The molecule has 0 aromatic carbocycles. The van der Waals surface area contributed by atoms with Gasteiger partial charge in [-0.15, -0.1) is 0 Å². The van der Waals surface area contributed by atoms with Crippen molar-refractivity contribution in [2.45, 2.75) is 82.8 Å². The third-order valence-corrected chi connectivity index (χ3v) is 7.73. The normalized spacial score (nSPS) is 37.7. The maximum absolute atomic E-state index is 13.2. The van der Waals surface area contributed by atoms with E-state index in [1.54, 1.807) is 6.20 Å². The fourth-order valence-corrected chi connectivity index (χ4v) is 6.80. The van der Waals surface area contributed by atoms with Crippen molar-refractivity contribution in [2.24, 2.45) is 23.7 Å². The molecule has 5 heteroatoms. The van der Waals surface area contributed by atoms with Crippen molar-refractivity contribution in [2.75, 3.05) is 0 Å². The Morgan fingerprint density at radius 3 is 2.59 bits per heavy atom. The van der Waals surface area contributed by atoms with Crippen molar-refractivity contribution in [1.82, 2.24) is 15.3 Å². The monoisotopic (exact) mass is 369 g/mol. The number of carbonyl (C=O) groups is 1. The van der Waals surface area contributed by atoms with Crippen LogP contribution in [0.4, 0.5) is 0 Å². The van der Waals surface area contributed by atoms with E-state index in [4.69, 9.17) is 0 Å². The fraction of sp³-hybridized carbons (Fsp3) is 0.773. The quantitative estimate of drug-likeness (QED) is 0.855. The molecule has 0 saturated heterocycles. The number of aliphatic hydroxyl groups is 1. The molecular formula is C22H31N3O2. The molecule has 5 fully saturated rings. The molecule has 0 aliphatic heterocycles. The molecular weight excluding hydrogens is 338 g/mol. The second-order valence-electron chi connectivity index (χ2n) is 9.83. The maximum Gasteiger partial charge on any atom is 0.254 e. The van der Waals surface area contributed by atoms with Gasteiger partial charge in [0.15, 0.2) is 0 Å². The van der Waals surface area contributed by atoms with Crippen molar-refractivity contribution in [3.63, 3.8) is 0 Å². The molecule has 2 atom stereocenters. The van der Waals surface area contributed by atoms with Crippen LogP contribution in [0.15, 0.2) is 6.20 Å². The Morgan fingerprint density at radius 1 is 1.22 bits per heavy atom. The van der Waals surface area contributed by atoms with Crippen LogP contribution in [-0.4, -0.2) is 32.6 Å². The van der Waals surface area contributed by atoms with Crippen molar-refractivity contribution < 1.29 is 9.90 Å². The lowest BCUT2D eigenvalue weighted by molar-refractivity contribution is -0.136. The van der Waals surface area contributed by atoms with Crippen LogP contribution in [0, 0.1) is 30.6 Å². The average molecular weight is 370 g/mol. The molecule has 27 heavy (non-hydrogen) atoms. The minimum absolute atomic E-state index is 0.00698. The van der Waals surface area contributed by atoms with Gasteiger partial charge in [-0.25, -0.2) is 9.97 Å². The third-order valence-electron chi connectivity index (χ3n) is 7.73. The first-order valence-electron chi connectivity index (χ1n) is 10.8.